The molecule has 6 nitrogen and oxygen atoms in total. The minimum Gasteiger partial charge on any atom is -0.468 e. The fourth-order valence-electron chi connectivity index (χ4n) is 3.54. The van der Waals surface area contributed by atoms with Crippen LogP contribution in [0.25, 0.3) is 0 Å². The Morgan fingerprint density at radius 1 is 1.19 bits per heavy atom. The van der Waals surface area contributed by atoms with Crippen molar-refractivity contribution in [3.63, 3.8) is 0 Å². The molecular weight excluding hydrogens is 332 g/mol. The standard InChI is InChI=1S/C20H30N2O4/c1-5-18(17-9-7-6-8-10-17)21(14-20(24)25-4)13-19(23)22-11-15(2)26-16(3)12-22/h6-10,15-16,18H,5,11-14H2,1-4H3/t15-,16-,18-/m1/s1. The number of rotatable bonds is 7. The van der Waals surface area contributed by atoms with Crippen LogP contribution in [0, 0.1) is 0 Å². The van der Waals surface area contributed by atoms with Gasteiger partial charge in [-0.05, 0) is 25.8 Å². The fraction of sp³-hybridized carbons (Fsp3) is 0.600. The Kier molecular flexibility index (Phi) is 7.60. The van der Waals surface area contributed by atoms with Gasteiger partial charge in [-0.1, -0.05) is 37.3 Å². The van der Waals surface area contributed by atoms with E-state index in [0.717, 1.165) is 12.0 Å². The average molecular weight is 362 g/mol. The van der Waals surface area contributed by atoms with E-state index in [1.54, 1.807) is 0 Å². The van der Waals surface area contributed by atoms with Crippen LogP contribution in [0.3, 0.4) is 0 Å². The first-order valence-electron chi connectivity index (χ1n) is 9.23. The van der Waals surface area contributed by atoms with Crippen LogP contribution >= 0.6 is 0 Å². The highest BCUT2D eigenvalue weighted by molar-refractivity contribution is 5.79. The Morgan fingerprint density at radius 2 is 1.81 bits per heavy atom. The SMILES string of the molecule is CC[C@H](c1ccccc1)N(CC(=O)OC)CC(=O)N1C[C@@H](C)O[C@H](C)C1. The molecule has 6 heteroatoms. The van der Waals surface area contributed by atoms with Gasteiger partial charge in [0, 0.05) is 19.1 Å². The Morgan fingerprint density at radius 3 is 2.35 bits per heavy atom. The van der Waals surface area contributed by atoms with Crippen LogP contribution in [0.5, 0.6) is 0 Å². The second-order valence-corrected chi connectivity index (χ2v) is 6.87. The number of carbonyl (C=O) groups excluding carboxylic acids is 2. The lowest BCUT2D eigenvalue weighted by Gasteiger charge is -2.37. The maximum atomic E-state index is 12.9. The van der Waals surface area contributed by atoms with Crippen LogP contribution in [0.2, 0.25) is 0 Å². The second-order valence-electron chi connectivity index (χ2n) is 6.87. The van der Waals surface area contributed by atoms with Crippen molar-refractivity contribution in [2.24, 2.45) is 0 Å². The third kappa shape index (κ3) is 5.54. The molecule has 1 aliphatic heterocycles. The third-order valence-corrected chi connectivity index (χ3v) is 4.68. The number of methoxy groups -OCH3 is 1. The highest BCUT2D eigenvalue weighted by atomic mass is 16.5. The summed E-state index contributed by atoms with van der Waals surface area (Å²) in [5.74, 6) is -0.318. The predicted molar refractivity (Wildman–Crippen MR) is 99.7 cm³/mol. The molecule has 1 aliphatic rings. The number of hydrogen-bond donors (Lipinski definition) is 0. The van der Waals surface area contributed by atoms with Crippen molar-refractivity contribution in [3.8, 4) is 0 Å². The monoisotopic (exact) mass is 362 g/mol. The summed E-state index contributed by atoms with van der Waals surface area (Å²) in [4.78, 5) is 28.6. The third-order valence-electron chi connectivity index (χ3n) is 4.68. The number of carbonyl (C=O) groups is 2. The van der Waals surface area contributed by atoms with Gasteiger partial charge in [-0.15, -0.1) is 0 Å². The summed E-state index contributed by atoms with van der Waals surface area (Å²) >= 11 is 0. The molecule has 0 N–H and O–H groups in total. The maximum Gasteiger partial charge on any atom is 0.319 e. The summed E-state index contributed by atoms with van der Waals surface area (Å²) in [6.07, 6.45) is 0.838. The van der Waals surface area contributed by atoms with E-state index < -0.39 is 0 Å². The molecule has 26 heavy (non-hydrogen) atoms. The number of hydrogen-bond acceptors (Lipinski definition) is 5. The molecule has 0 saturated carbocycles. The van der Waals surface area contributed by atoms with Gasteiger partial charge in [0.15, 0.2) is 0 Å². The Labute approximate surface area is 156 Å². The van der Waals surface area contributed by atoms with E-state index in [2.05, 4.69) is 6.92 Å². The van der Waals surface area contributed by atoms with Gasteiger partial charge in [-0.3, -0.25) is 14.5 Å². The number of amides is 1. The summed E-state index contributed by atoms with van der Waals surface area (Å²) < 4.78 is 10.6. The highest BCUT2D eigenvalue weighted by Gasteiger charge is 2.30. The zero-order chi connectivity index (χ0) is 19.1. The first-order chi connectivity index (χ1) is 12.4. The molecule has 1 saturated heterocycles. The average Bonchev–Trinajstić information content (AvgIpc) is 2.62. The van der Waals surface area contributed by atoms with Crippen LogP contribution in [0.1, 0.15) is 38.8 Å². The zero-order valence-electron chi connectivity index (χ0n) is 16.2. The van der Waals surface area contributed by atoms with Gasteiger partial charge in [0.05, 0.1) is 32.4 Å². The number of benzene rings is 1. The minimum absolute atomic E-state index is 0.0184. The number of esters is 1. The lowest BCUT2D eigenvalue weighted by atomic mass is 10.0. The molecule has 0 aliphatic carbocycles. The van der Waals surface area contributed by atoms with Crippen molar-refractivity contribution in [2.75, 3.05) is 33.3 Å². The van der Waals surface area contributed by atoms with Crippen molar-refractivity contribution in [3.05, 3.63) is 35.9 Å². The lowest BCUT2D eigenvalue weighted by molar-refractivity contribution is -0.148. The van der Waals surface area contributed by atoms with E-state index in [1.807, 2.05) is 54.0 Å². The van der Waals surface area contributed by atoms with Crippen LogP contribution in [0.4, 0.5) is 0 Å². The molecule has 1 aromatic rings. The molecule has 0 spiro atoms. The minimum atomic E-state index is -0.337. The van der Waals surface area contributed by atoms with Gasteiger partial charge in [0.2, 0.25) is 5.91 Å². The van der Waals surface area contributed by atoms with Crippen molar-refractivity contribution >= 4 is 11.9 Å². The lowest BCUT2D eigenvalue weighted by Crippen LogP contribution is -2.51. The largest absolute Gasteiger partial charge is 0.468 e. The smallest absolute Gasteiger partial charge is 0.319 e. The van der Waals surface area contributed by atoms with Crippen LogP contribution in [0.15, 0.2) is 30.3 Å². The second kappa shape index (κ2) is 9.69. The molecule has 1 fully saturated rings. The van der Waals surface area contributed by atoms with Crippen LogP contribution in [-0.4, -0.2) is 67.2 Å². The molecule has 0 aromatic heterocycles. The molecule has 1 amide bonds. The normalized spacial score (nSPS) is 21.5. The van der Waals surface area contributed by atoms with Gasteiger partial charge >= 0.3 is 5.97 Å². The molecule has 0 bridgehead atoms. The number of morpholine rings is 1. The van der Waals surface area contributed by atoms with E-state index in [1.165, 1.54) is 7.11 Å². The van der Waals surface area contributed by atoms with Crippen LogP contribution < -0.4 is 0 Å². The first kappa shape index (κ1) is 20.4. The molecular formula is C20H30N2O4. The molecule has 3 atom stereocenters. The predicted octanol–water partition coefficient (Wildman–Crippen LogP) is 2.25. The zero-order valence-corrected chi connectivity index (χ0v) is 16.2. The van der Waals surface area contributed by atoms with Crippen molar-refractivity contribution < 1.29 is 19.1 Å². The Balaban J connectivity index is 2.15. The summed E-state index contributed by atoms with van der Waals surface area (Å²) in [5, 5.41) is 0. The van der Waals surface area contributed by atoms with E-state index in [-0.39, 0.29) is 43.2 Å². The molecule has 144 valence electrons. The van der Waals surface area contributed by atoms with E-state index in [9.17, 15) is 9.59 Å². The Bertz CT molecular complexity index is 583. The van der Waals surface area contributed by atoms with E-state index >= 15 is 0 Å². The van der Waals surface area contributed by atoms with Gasteiger partial charge in [0.1, 0.15) is 0 Å². The van der Waals surface area contributed by atoms with Gasteiger partial charge in [0.25, 0.3) is 0 Å². The van der Waals surface area contributed by atoms with Gasteiger partial charge in [-0.2, -0.15) is 0 Å². The quantitative estimate of drug-likeness (QED) is 0.696. The summed E-state index contributed by atoms with van der Waals surface area (Å²) in [6.45, 7) is 7.44. The molecule has 1 aromatic carbocycles. The Hall–Kier alpha value is -1.92. The van der Waals surface area contributed by atoms with E-state index in [4.69, 9.17) is 9.47 Å². The van der Waals surface area contributed by atoms with Crippen molar-refractivity contribution in [1.29, 1.82) is 0 Å². The van der Waals surface area contributed by atoms with Crippen molar-refractivity contribution in [1.82, 2.24) is 9.80 Å². The fourth-order valence-corrected chi connectivity index (χ4v) is 3.54. The highest BCUT2D eigenvalue weighted by Crippen LogP contribution is 2.24. The summed E-state index contributed by atoms with van der Waals surface area (Å²) in [7, 11) is 1.37. The number of ether oxygens (including phenoxy) is 2. The van der Waals surface area contributed by atoms with Gasteiger partial charge < -0.3 is 14.4 Å². The van der Waals surface area contributed by atoms with Crippen LogP contribution in [-0.2, 0) is 19.1 Å². The molecule has 0 radical (unpaired) electrons. The maximum absolute atomic E-state index is 12.9. The summed E-state index contributed by atoms with van der Waals surface area (Å²) in [5.41, 5.74) is 1.09. The first-order valence-corrected chi connectivity index (χ1v) is 9.23. The van der Waals surface area contributed by atoms with E-state index in [0.29, 0.717) is 13.1 Å². The molecule has 0 unspecified atom stereocenters. The summed E-state index contributed by atoms with van der Waals surface area (Å²) in [6, 6.07) is 9.95. The van der Waals surface area contributed by atoms with Crippen molar-refractivity contribution in [2.45, 2.75) is 45.4 Å². The topological polar surface area (TPSA) is 59.1 Å². The number of nitrogens with zero attached hydrogens (tertiary/aromatic N) is 2. The molecule has 2 rings (SSSR count). The van der Waals surface area contributed by atoms with Gasteiger partial charge in [-0.25, -0.2) is 0 Å². The molecule has 1 heterocycles.